The van der Waals surface area contributed by atoms with Gasteiger partial charge in [-0.15, -0.1) is 11.8 Å². The van der Waals surface area contributed by atoms with Crippen LogP contribution in [0.5, 0.6) is 0 Å². The van der Waals surface area contributed by atoms with E-state index in [1.807, 2.05) is 30.3 Å². The number of hydrogen-bond acceptors (Lipinski definition) is 3. The highest BCUT2D eigenvalue weighted by molar-refractivity contribution is 7.99. The summed E-state index contributed by atoms with van der Waals surface area (Å²) in [7, 11) is 0. The Morgan fingerprint density at radius 1 is 1.24 bits per heavy atom. The van der Waals surface area contributed by atoms with Gasteiger partial charge in [0.05, 0.1) is 0 Å². The van der Waals surface area contributed by atoms with Gasteiger partial charge in [0.15, 0.2) is 0 Å². The molecule has 0 aromatic heterocycles. The Labute approximate surface area is 104 Å². The van der Waals surface area contributed by atoms with Gasteiger partial charge in [0, 0.05) is 29.3 Å². The van der Waals surface area contributed by atoms with Crippen molar-refractivity contribution in [3.05, 3.63) is 42.5 Å². The van der Waals surface area contributed by atoms with Crippen LogP contribution in [-0.4, -0.2) is 29.3 Å². The summed E-state index contributed by atoms with van der Waals surface area (Å²) in [5, 5.41) is 10.9. The molecule has 17 heavy (non-hydrogen) atoms. The maximum absolute atomic E-state index is 11.1. The minimum atomic E-state index is -1.13. The van der Waals surface area contributed by atoms with E-state index >= 15 is 0 Å². The van der Waals surface area contributed by atoms with Gasteiger partial charge < -0.3 is 10.4 Å². The monoisotopic (exact) mass is 251 g/mol. The summed E-state index contributed by atoms with van der Waals surface area (Å²) >= 11 is 1.63. The molecule has 0 saturated heterocycles. The SMILES string of the molecule is O=C(O)/C=C/C(=O)NCCSc1ccccc1. The van der Waals surface area contributed by atoms with Gasteiger partial charge in [-0.1, -0.05) is 18.2 Å². The lowest BCUT2D eigenvalue weighted by molar-refractivity contribution is -0.131. The van der Waals surface area contributed by atoms with Crippen LogP contribution in [0.2, 0.25) is 0 Å². The molecule has 2 N–H and O–H groups in total. The first kappa shape index (κ1) is 13.3. The van der Waals surface area contributed by atoms with Crippen LogP contribution >= 0.6 is 11.8 Å². The zero-order valence-electron chi connectivity index (χ0n) is 9.13. The van der Waals surface area contributed by atoms with Gasteiger partial charge >= 0.3 is 5.97 Å². The molecule has 0 atom stereocenters. The fourth-order valence-corrected chi connectivity index (χ4v) is 1.86. The molecule has 1 amide bonds. The minimum absolute atomic E-state index is 0.388. The summed E-state index contributed by atoms with van der Waals surface area (Å²) in [6.07, 6.45) is 1.83. The Hall–Kier alpha value is -1.75. The molecule has 4 nitrogen and oxygen atoms in total. The second-order valence-corrected chi connectivity index (χ2v) is 4.29. The van der Waals surface area contributed by atoms with Gasteiger partial charge in [-0.25, -0.2) is 4.79 Å². The van der Waals surface area contributed by atoms with Crippen molar-refractivity contribution in [1.82, 2.24) is 5.32 Å². The van der Waals surface area contributed by atoms with Gasteiger partial charge in [0.25, 0.3) is 0 Å². The Kier molecular flexibility index (Phi) is 5.88. The van der Waals surface area contributed by atoms with E-state index in [4.69, 9.17) is 5.11 Å². The van der Waals surface area contributed by atoms with E-state index in [9.17, 15) is 9.59 Å². The molecule has 0 radical (unpaired) electrons. The third-order valence-corrected chi connectivity index (χ3v) is 2.80. The first-order valence-electron chi connectivity index (χ1n) is 5.05. The van der Waals surface area contributed by atoms with E-state index in [0.29, 0.717) is 6.54 Å². The van der Waals surface area contributed by atoms with Gasteiger partial charge in [-0.05, 0) is 12.1 Å². The van der Waals surface area contributed by atoms with E-state index in [0.717, 1.165) is 22.8 Å². The highest BCUT2D eigenvalue weighted by atomic mass is 32.2. The molecule has 90 valence electrons. The molecule has 0 unspecified atom stereocenters. The van der Waals surface area contributed by atoms with Gasteiger partial charge in [0.1, 0.15) is 0 Å². The zero-order valence-corrected chi connectivity index (χ0v) is 9.94. The van der Waals surface area contributed by atoms with E-state index in [-0.39, 0.29) is 5.91 Å². The molecule has 0 heterocycles. The number of carboxylic acid groups (broad SMARTS) is 1. The molecule has 0 aliphatic carbocycles. The maximum Gasteiger partial charge on any atom is 0.328 e. The molecule has 0 fully saturated rings. The summed E-state index contributed by atoms with van der Waals surface area (Å²) in [6, 6.07) is 9.85. The lowest BCUT2D eigenvalue weighted by atomic mass is 10.4. The fraction of sp³-hybridized carbons (Fsp3) is 0.167. The number of aliphatic carboxylic acids is 1. The largest absolute Gasteiger partial charge is 0.478 e. The molecule has 1 rings (SSSR count). The first-order chi connectivity index (χ1) is 8.18. The number of nitrogens with one attached hydrogen (secondary N) is 1. The van der Waals surface area contributed by atoms with E-state index < -0.39 is 5.97 Å². The summed E-state index contributed by atoms with van der Waals surface area (Å²) < 4.78 is 0. The zero-order chi connectivity index (χ0) is 12.5. The van der Waals surface area contributed by atoms with E-state index in [1.54, 1.807) is 11.8 Å². The third kappa shape index (κ3) is 6.42. The number of amides is 1. The summed E-state index contributed by atoms with van der Waals surface area (Å²) in [5.41, 5.74) is 0. The van der Waals surface area contributed by atoms with Crippen LogP contribution in [0, 0.1) is 0 Å². The second kappa shape index (κ2) is 7.51. The number of thioether (sulfide) groups is 1. The summed E-state index contributed by atoms with van der Waals surface area (Å²) in [4.78, 5) is 22.4. The Morgan fingerprint density at radius 3 is 2.59 bits per heavy atom. The molecule has 0 aliphatic heterocycles. The topological polar surface area (TPSA) is 66.4 Å². The Morgan fingerprint density at radius 2 is 1.94 bits per heavy atom. The van der Waals surface area contributed by atoms with Crippen molar-refractivity contribution in [3.63, 3.8) is 0 Å². The van der Waals surface area contributed by atoms with Crippen LogP contribution in [-0.2, 0) is 9.59 Å². The predicted octanol–water partition coefficient (Wildman–Crippen LogP) is 1.54. The maximum atomic E-state index is 11.1. The van der Waals surface area contributed by atoms with Crippen molar-refractivity contribution in [2.45, 2.75) is 4.90 Å². The molecular formula is C12H13NO3S. The summed E-state index contributed by atoms with van der Waals surface area (Å²) in [6.45, 7) is 0.502. The molecule has 0 aliphatic rings. The highest BCUT2D eigenvalue weighted by Gasteiger charge is 1.97. The third-order valence-electron chi connectivity index (χ3n) is 1.79. The first-order valence-corrected chi connectivity index (χ1v) is 6.04. The number of hydrogen-bond donors (Lipinski definition) is 2. The standard InChI is InChI=1S/C12H13NO3S/c14-11(6-7-12(15)16)13-8-9-17-10-4-2-1-3-5-10/h1-7H,8-9H2,(H,13,14)(H,15,16)/b7-6+. The van der Waals surface area contributed by atoms with Crippen molar-refractivity contribution < 1.29 is 14.7 Å². The smallest absolute Gasteiger partial charge is 0.328 e. The average molecular weight is 251 g/mol. The van der Waals surface area contributed by atoms with Gasteiger partial charge in [0.2, 0.25) is 5.91 Å². The van der Waals surface area contributed by atoms with Gasteiger partial charge in [-0.2, -0.15) is 0 Å². The number of carbonyl (C=O) groups excluding carboxylic acids is 1. The van der Waals surface area contributed by atoms with Gasteiger partial charge in [-0.3, -0.25) is 4.79 Å². The van der Waals surface area contributed by atoms with Crippen molar-refractivity contribution in [1.29, 1.82) is 0 Å². The lowest BCUT2D eigenvalue weighted by Crippen LogP contribution is -2.23. The lowest BCUT2D eigenvalue weighted by Gasteiger charge is -2.02. The molecule has 0 spiro atoms. The quantitative estimate of drug-likeness (QED) is 0.457. The molecule has 0 bridgehead atoms. The van der Waals surface area contributed by atoms with Crippen LogP contribution in [0.4, 0.5) is 0 Å². The molecular weight excluding hydrogens is 238 g/mol. The van der Waals surface area contributed by atoms with Crippen LogP contribution in [0.15, 0.2) is 47.4 Å². The normalized spacial score (nSPS) is 10.4. The molecule has 1 aromatic carbocycles. The van der Waals surface area contributed by atoms with Crippen LogP contribution in [0.1, 0.15) is 0 Å². The van der Waals surface area contributed by atoms with Crippen molar-refractivity contribution >= 4 is 23.6 Å². The van der Waals surface area contributed by atoms with Crippen LogP contribution < -0.4 is 5.32 Å². The van der Waals surface area contributed by atoms with E-state index in [2.05, 4.69) is 5.32 Å². The molecule has 1 aromatic rings. The molecule has 0 saturated carbocycles. The fourth-order valence-electron chi connectivity index (χ4n) is 1.07. The van der Waals surface area contributed by atoms with Crippen molar-refractivity contribution in [2.75, 3.05) is 12.3 Å². The number of carboxylic acids is 1. The number of benzene rings is 1. The van der Waals surface area contributed by atoms with Crippen LogP contribution in [0.3, 0.4) is 0 Å². The number of rotatable bonds is 6. The van der Waals surface area contributed by atoms with E-state index in [1.165, 1.54) is 0 Å². The molecule has 5 heteroatoms. The Balaban J connectivity index is 2.16. The highest BCUT2D eigenvalue weighted by Crippen LogP contribution is 2.15. The van der Waals surface area contributed by atoms with Crippen LogP contribution in [0.25, 0.3) is 0 Å². The minimum Gasteiger partial charge on any atom is -0.478 e. The second-order valence-electron chi connectivity index (χ2n) is 3.12. The predicted molar refractivity (Wildman–Crippen MR) is 67.0 cm³/mol. The average Bonchev–Trinajstić information content (AvgIpc) is 2.33. The summed E-state index contributed by atoms with van der Waals surface area (Å²) in [5.74, 6) is -0.767. The Bertz CT molecular complexity index is 403. The van der Waals surface area contributed by atoms with Crippen molar-refractivity contribution in [3.8, 4) is 0 Å². The van der Waals surface area contributed by atoms with Crippen molar-refractivity contribution in [2.24, 2.45) is 0 Å². The number of carbonyl (C=O) groups is 2.